The van der Waals surface area contributed by atoms with E-state index in [1.165, 1.54) is 0 Å². The van der Waals surface area contributed by atoms with Crippen molar-refractivity contribution in [1.29, 1.82) is 0 Å². The number of nitrogens with one attached hydrogen (secondary N) is 1. The molecule has 26 heavy (non-hydrogen) atoms. The van der Waals surface area contributed by atoms with E-state index in [2.05, 4.69) is 15.5 Å². The summed E-state index contributed by atoms with van der Waals surface area (Å²) in [4.78, 5) is 12.2. The van der Waals surface area contributed by atoms with Gasteiger partial charge in [0.1, 0.15) is 0 Å². The molecule has 0 saturated carbocycles. The molecule has 1 heterocycles. The Morgan fingerprint density at radius 2 is 2.00 bits per heavy atom. The molecule has 8 heteroatoms. The monoisotopic (exact) mass is 407 g/mol. The smallest absolute Gasteiger partial charge is 0.277 e. The van der Waals surface area contributed by atoms with Gasteiger partial charge >= 0.3 is 0 Å². The maximum Gasteiger partial charge on any atom is 0.277 e. The van der Waals surface area contributed by atoms with Crippen LogP contribution in [0.1, 0.15) is 11.1 Å². The van der Waals surface area contributed by atoms with Crippen LogP contribution in [-0.4, -0.2) is 21.9 Å². The predicted molar refractivity (Wildman–Crippen MR) is 105 cm³/mol. The maximum absolute atomic E-state index is 12.2. The minimum atomic E-state index is -0.145. The number of thioether (sulfide) groups is 1. The lowest BCUT2D eigenvalue weighted by atomic mass is 10.1. The van der Waals surface area contributed by atoms with E-state index in [4.69, 9.17) is 27.6 Å². The van der Waals surface area contributed by atoms with Crippen LogP contribution < -0.4 is 5.32 Å². The highest BCUT2D eigenvalue weighted by molar-refractivity contribution is 7.99. The van der Waals surface area contributed by atoms with Crippen molar-refractivity contribution in [3.05, 3.63) is 57.6 Å². The van der Waals surface area contributed by atoms with Crippen LogP contribution >= 0.6 is 35.0 Å². The highest BCUT2D eigenvalue weighted by atomic mass is 35.5. The van der Waals surface area contributed by atoms with Gasteiger partial charge in [-0.1, -0.05) is 47.1 Å². The van der Waals surface area contributed by atoms with Crippen LogP contribution in [0.5, 0.6) is 0 Å². The summed E-state index contributed by atoms with van der Waals surface area (Å²) < 4.78 is 5.57. The lowest BCUT2D eigenvalue weighted by Crippen LogP contribution is -2.15. The van der Waals surface area contributed by atoms with E-state index in [0.29, 0.717) is 20.8 Å². The number of anilines is 1. The summed E-state index contributed by atoms with van der Waals surface area (Å²) in [6, 6.07) is 10.8. The minimum absolute atomic E-state index is 0.145. The summed E-state index contributed by atoms with van der Waals surface area (Å²) in [5.41, 5.74) is 3.56. The first-order valence-corrected chi connectivity index (χ1v) is 9.46. The van der Waals surface area contributed by atoms with Crippen molar-refractivity contribution in [2.45, 2.75) is 19.1 Å². The van der Waals surface area contributed by atoms with Crippen LogP contribution in [0.3, 0.4) is 0 Å². The Labute approximate surface area is 165 Å². The SMILES string of the molecule is Cc1cccc(NC(=O)CSc2nnc(-c3ccc(Cl)cc3Cl)o2)c1C. The molecule has 3 rings (SSSR count). The highest BCUT2D eigenvalue weighted by Gasteiger charge is 2.14. The first kappa shape index (κ1) is 18.8. The lowest BCUT2D eigenvalue weighted by molar-refractivity contribution is -0.113. The largest absolute Gasteiger partial charge is 0.411 e. The molecule has 0 aliphatic carbocycles. The third kappa shape index (κ3) is 4.38. The van der Waals surface area contributed by atoms with E-state index >= 15 is 0 Å². The van der Waals surface area contributed by atoms with Crippen LogP contribution in [0.15, 0.2) is 46.0 Å². The average molecular weight is 408 g/mol. The number of hydrogen-bond acceptors (Lipinski definition) is 5. The molecule has 0 radical (unpaired) electrons. The van der Waals surface area contributed by atoms with Crippen LogP contribution in [0.2, 0.25) is 10.0 Å². The van der Waals surface area contributed by atoms with Gasteiger partial charge in [-0.15, -0.1) is 10.2 Å². The van der Waals surface area contributed by atoms with Crippen molar-refractivity contribution in [2.24, 2.45) is 0 Å². The Bertz CT molecular complexity index is 959. The number of rotatable bonds is 5. The van der Waals surface area contributed by atoms with Crippen molar-refractivity contribution >= 4 is 46.6 Å². The molecule has 0 atom stereocenters. The van der Waals surface area contributed by atoms with Gasteiger partial charge in [0, 0.05) is 10.7 Å². The zero-order valence-electron chi connectivity index (χ0n) is 14.0. The van der Waals surface area contributed by atoms with Gasteiger partial charge in [-0.2, -0.15) is 0 Å². The first-order valence-electron chi connectivity index (χ1n) is 7.72. The van der Waals surface area contributed by atoms with E-state index in [0.717, 1.165) is 28.6 Å². The summed E-state index contributed by atoms with van der Waals surface area (Å²) in [7, 11) is 0. The van der Waals surface area contributed by atoms with Crippen molar-refractivity contribution in [3.8, 4) is 11.5 Å². The fraction of sp³-hybridized carbons (Fsp3) is 0.167. The fourth-order valence-electron chi connectivity index (χ4n) is 2.24. The standard InChI is InChI=1S/C18H15Cl2N3O2S/c1-10-4-3-5-15(11(10)2)21-16(24)9-26-18-23-22-17(25-18)13-7-6-12(19)8-14(13)20/h3-8H,9H2,1-2H3,(H,21,24). The quantitative estimate of drug-likeness (QED) is 0.574. The lowest BCUT2D eigenvalue weighted by Gasteiger charge is -2.09. The molecule has 2 aromatic carbocycles. The van der Waals surface area contributed by atoms with Crippen LogP contribution in [0, 0.1) is 13.8 Å². The van der Waals surface area contributed by atoms with Crippen molar-refractivity contribution in [1.82, 2.24) is 10.2 Å². The molecule has 0 saturated heterocycles. The van der Waals surface area contributed by atoms with Gasteiger partial charge < -0.3 is 9.73 Å². The zero-order chi connectivity index (χ0) is 18.7. The van der Waals surface area contributed by atoms with Gasteiger partial charge in [-0.3, -0.25) is 4.79 Å². The molecule has 1 aromatic heterocycles. The molecule has 5 nitrogen and oxygen atoms in total. The van der Waals surface area contributed by atoms with Crippen molar-refractivity contribution < 1.29 is 9.21 Å². The second-order valence-electron chi connectivity index (χ2n) is 5.58. The normalized spacial score (nSPS) is 10.8. The van der Waals surface area contributed by atoms with Gasteiger partial charge in [0.25, 0.3) is 5.22 Å². The van der Waals surface area contributed by atoms with E-state index in [-0.39, 0.29) is 17.6 Å². The van der Waals surface area contributed by atoms with Crippen LogP contribution in [-0.2, 0) is 4.79 Å². The molecule has 0 spiro atoms. The van der Waals surface area contributed by atoms with E-state index < -0.39 is 0 Å². The molecule has 0 bridgehead atoms. The Kier molecular flexibility index (Phi) is 5.86. The Balaban J connectivity index is 1.63. The fourth-order valence-corrected chi connectivity index (χ4v) is 3.29. The summed E-state index contributed by atoms with van der Waals surface area (Å²) in [6.45, 7) is 3.97. The Morgan fingerprint density at radius 3 is 2.77 bits per heavy atom. The summed E-state index contributed by atoms with van der Waals surface area (Å²) in [5.74, 6) is 0.292. The van der Waals surface area contributed by atoms with Gasteiger partial charge in [-0.05, 0) is 49.2 Å². The Hall–Kier alpha value is -2.02. The second kappa shape index (κ2) is 8.12. The number of aryl methyl sites for hydroxylation is 1. The van der Waals surface area contributed by atoms with Gasteiger partial charge in [0.05, 0.1) is 16.3 Å². The van der Waals surface area contributed by atoms with E-state index in [1.807, 2.05) is 32.0 Å². The molecule has 134 valence electrons. The molecule has 0 unspecified atom stereocenters. The zero-order valence-corrected chi connectivity index (χ0v) is 16.4. The number of halogens is 2. The van der Waals surface area contributed by atoms with Gasteiger partial charge in [0.15, 0.2) is 0 Å². The number of hydrogen-bond donors (Lipinski definition) is 1. The van der Waals surface area contributed by atoms with Crippen LogP contribution in [0.25, 0.3) is 11.5 Å². The first-order chi connectivity index (χ1) is 12.4. The number of carbonyl (C=O) groups is 1. The van der Waals surface area contributed by atoms with Crippen molar-refractivity contribution in [2.75, 3.05) is 11.1 Å². The molecule has 0 fully saturated rings. The van der Waals surface area contributed by atoms with Gasteiger partial charge in [0.2, 0.25) is 11.8 Å². The number of carbonyl (C=O) groups excluding carboxylic acids is 1. The molecule has 1 N–H and O–H groups in total. The molecule has 0 aliphatic heterocycles. The third-order valence-electron chi connectivity index (χ3n) is 3.77. The molecule has 3 aromatic rings. The topological polar surface area (TPSA) is 68.0 Å². The number of amides is 1. The van der Waals surface area contributed by atoms with Gasteiger partial charge in [-0.25, -0.2) is 0 Å². The minimum Gasteiger partial charge on any atom is -0.411 e. The molecular formula is C18H15Cl2N3O2S. The Morgan fingerprint density at radius 1 is 1.19 bits per heavy atom. The molecule has 1 amide bonds. The average Bonchev–Trinajstić information content (AvgIpc) is 3.06. The predicted octanol–water partition coefficient (Wildman–Crippen LogP) is 5.39. The highest BCUT2D eigenvalue weighted by Crippen LogP contribution is 2.31. The third-order valence-corrected chi connectivity index (χ3v) is 5.14. The molecular weight excluding hydrogens is 393 g/mol. The summed E-state index contributed by atoms with van der Waals surface area (Å²) >= 11 is 13.2. The second-order valence-corrected chi connectivity index (χ2v) is 7.35. The van der Waals surface area contributed by atoms with Crippen LogP contribution in [0.4, 0.5) is 5.69 Å². The number of aromatic nitrogens is 2. The van der Waals surface area contributed by atoms with Crippen molar-refractivity contribution in [3.63, 3.8) is 0 Å². The van der Waals surface area contributed by atoms with E-state index in [1.54, 1.807) is 18.2 Å². The summed E-state index contributed by atoms with van der Waals surface area (Å²) in [5, 5.41) is 12.0. The van der Waals surface area contributed by atoms with E-state index in [9.17, 15) is 4.79 Å². The number of benzene rings is 2. The summed E-state index contributed by atoms with van der Waals surface area (Å²) in [6.07, 6.45) is 0. The molecule has 0 aliphatic rings. The maximum atomic E-state index is 12.2. The number of nitrogens with zero attached hydrogens (tertiary/aromatic N) is 2.